The minimum absolute atomic E-state index is 0.0438. The number of ether oxygens (including phenoxy) is 1. The third kappa shape index (κ3) is 3.83. The number of nitrogens with one attached hydrogen (secondary N) is 1. The van der Waals surface area contributed by atoms with Crippen molar-refractivity contribution in [2.75, 3.05) is 12.0 Å². The van der Waals surface area contributed by atoms with Gasteiger partial charge in [-0.3, -0.25) is 9.59 Å². The van der Waals surface area contributed by atoms with Gasteiger partial charge in [0.05, 0.1) is 29.3 Å². The second-order valence-electron chi connectivity index (χ2n) is 7.52. The zero-order valence-electron chi connectivity index (χ0n) is 17.6. The second kappa shape index (κ2) is 8.45. The van der Waals surface area contributed by atoms with Gasteiger partial charge >= 0.3 is 0 Å². The van der Waals surface area contributed by atoms with E-state index in [4.69, 9.17) is 4.74 Å². The average Bonchev–Trinajstić information content (AvgIpc) is 3.42. The third-order valence-corrected chi connectivity index (χ3v) is 6.69. The summed E-state index contributed by atoms with van der Waals surface area (Å²) in [5.74, 6) is 0.110. The molecule has 4 aromatic rings. The molecule has 2 amide bonds. The molecular formula is C25H18N4O3S. The summed E-state index contributed by atoms with van der Waals surface area (Å²) in [6.07, 6.45) is 1.85. The SMILES string of the molecule is COc1cccc(-c2ccc(C#N)c(SC3CC(=O)N(c4ccc5cc[nH]c5c4)C3=O)n2)c1. The largest absolute Gasteiger partial charge is 0.497 e. The van der Waals surface area contributed by atoms with E-state index in [0.717, 1.165) is 28.2 Å². The second-order valence-corrected chi connectivity index (χ2v) is 8.71. The number of nitrogens with zero attached hydrogens (tertiary/aromatic N) is 3. The molecule has 5 rings (SSSR count). The molecule has 8 heteroatoms. The first-order chi connectivity index (χ1) is 16.1. The van der Waals surface area contributed by atoms with Gasteiger partial charge in [0.25, 0.3) is 0 Å². The van der Waals surface area contributed by atoms with E-state index in [1.54, 1.807) is 31.4 Å². The highest BCUT2D eigenvalue weighted by molar-refractivity contribution is 8.00. The first-order valence-corrected chi connectivity index (χ1v) is 11.1. The monoisotopic (exact) mass is 454 g/mol. The summed E-state index contributed by atoms with van der Waals surface area (Å²) in [6, 6.07) is 20.4. The first kappa shape index (κ1) is 20.8. The Bertz CT molecular complexity index is 1440. The van der Waals surface area contributed by atoms with Crippen molar-refractivity contribution in [3.05, 3.63) is 72.4 Å². The number of hydrogen-bond donors (Lipinski definition) is 1. The molecule has 3 heterocycles. The zero-order chi connectivity index (χ0) is 22.9. The van der Waals surface area contributed by atoms with E-state index in [-0.39, 0.29) is 18.2 Å². The van der Waals surface area contributed by atoms with E-state index in [2.05, 4.69) is 16.0 Å². The summed E-state index contributed by atoms with van der Waals surface area (Å²) in [6.45, 7) is 0. The smallest absolute Gasteiger partial charge is 0.247 e. The molecule has 33 heavy (non-hydrogen) atoms. The van der Waals surface area contributed by atoms with Gasteiger partial charge in [-0.15, -0.1) is 0 Å². The van der Waals surface area contributed by atoms with Crippen molar-refractivity contribution in [2.24, 2.45) is 0 Å². The van der Waals surface area contributed by atoms with Crippen LogP contribution in [0.5, 0.6) is 5.75 Å². The summed E-state index contributed by atoms with van der Waals surface area (Å²) in [7, 11) is 1.59. The number of amides is 2. The van der Waals surface area contributed by atoms with Crippen molar-refractivity contribution < 1.29 is 14.3 Å². The molecule has 1 fully saturated rings. The Morgan fingerprint density at radius 1 is 1.15 bits per heavy atom. The van der Waals surface area contributed by atoms with E-state index >= 15 is 0 Å². The van der Waals surface area contributed by atoms with Crippen LogP contribution in [-0.4, -0.2) is 34.1 Å². The van der Waals surface area contributed by atoms with Crippen molar-refractivity contribution in [1.29, 1.82) is 5.26 Å². The molecule has 162 valence electrons. The van der Waals surface area contributed by atoms with Gasteiger partial charge in [-0.2, -0.15) is 5.26 Å². The Balaban J connectivity index is 1.44. The topological polar surface area (TPSA) is 99.1 Å². The summed E-state index contributed by atoms with van der Waals surface area (Å²) in [5, 5.41) is 10.3. The lowest BCUT2D eigenvalue weighted by atomic mass is 10.1. The average molecular weight is 455 g/mol. The number of anilines is 1. The Labute approximate surface area is 194 Å². The van der Waals surface area contributed by atoms with Crippen LogP contribution in [0.25, 0.3) is 22.2 Å². The fourth-order valence-corrected chi connectivity index (χ4v) is 4.93. The number of rotatable bonds is 5. The number of benzene rings is 2. The molecule has 0 saturated carbocycles. The number of pyridine rings is 1. The lowest BCUT2D eigenvalue weighted by Crippen LogP contribution is -2.31. The fourth-order valence-electron chi connectivity index (χ4n) is 3.84. The number of carbonyl (C=O) groups is 2. The highest BCUT2D eigenvalue weighted by Gasteiger charge is 2.40. The van der Waals surface area contributed by atoms with Crippen molar-refractivity contribution in [2.45, 2.75) is 16.7 Å². The maximum absolute atomic E-state index is 13.2. The summed E-state index contributed by atoms with van der Waals surface area (Å²) >= 11 is 1.15. The Morgan fingerprint density at radius 3 is 2.85 bits per heavy atom. The molecule has 1 N–H and O–H groups in total. The van der Waals surface area contributed by atoms with Gasteiger partial charge in [-0.1, -0.05) is 30.0 Å². The van der Waals surface area contributed by atoms with Crippen LogP contribution < -0.4 is 9.64 Å². The lowest BCUT2D eigenvalue weighted by Gasteiger charge is -2.15. The quantitative estimate of drug-likeness (QED) is 0.445. The number of fused-ring (bicyclic) bond motifs is 1. The number of methoxy groups -OCH3 is 1. The maximum Gasteiger partial charge on any atom is 0.247 e. The maximum atomic E-state index is 13.2. The van der Waals surface area contributed by atoms with Crippen LogP contribution in [0, 0.1) is 11.3 Å². The molecule has 2 aromatic carbocycles. The van der Waals surface area contributed by atoms with E-state index in [1.807, 2.05) is 42.6 Å². The Morgan fingerprint density at radius 2 is 2.03 bits per heavy atom. The predicted molar refractivity (Wildman–Crippen MR) is 126 cm³/mol. The number of hydrogen-bond acceptors (Lipinski definition) is 6. The number of carbonyl (C=O) groups excluding carboxylic acids is 2. The van der Waals surface area contributed by atoms with Gasteiger partial charge in [0, 0.05) is 23.7 Å². The molecule has 0 bridgehead atoms. The van der Waals surface area contributed by atoms with Gasteiger partial charge in [-0.05, 0) is 47.9 Å². The lowest BCUT2D eigenvalue weighted by molar-refractivity contribution is -0.121. The number of imide groups is 1. The van der Waals surface area contributed by atoms with Crippen molar-refractivity contribution in [3.63, 3.8) is 0 Å². The third-order valence-electron chi connectivity index (χ3n) is 5.50. The standard InChI is InChI=1S/C25H18N4O3S/c1-32-19-4-2-3-16(11-19)20-8-6-17(14-26)24(28-20)33-22-13-23(30)29(25(22)31)18-7-5-15-9-10-27-21(15)12-18/h2-12,22,27H,13H2,1H3. The minimum atomic E-state index is -0.656. The van der Waals surface area contributed by atoms with Crippen molar-refractivity contribution in [3.8, 4) is 23.1 Å². The van der Waals surface area contributed by atoms with Crippen molar-refractivity contribution >= 4 is 40.2 Å². The van der Waals surface area contributed by atoms with Gasteiger partial charge in [-0.25, -0.2) is 9.88 Å². The zero-order valence-corrected chi connectivity index (χ0v) is 18.4. The van der Waals surface area contributed by atoms with E-state index in [9.17, 15) is 14.9 Å². The summed E-state index contributed by atoms with van der Waals surface area (Å²) < 4.78 is 5.29. The molecule has 7 nitrogen and oxygen atoms in total. The summed E-state index contributed by atoms with van der Waals surface area (Å²) in [4.78, 5) is 34.9. The molecule has 0 aliphatic carbocycles. The van der Waals surface area contributed by atoms with Crippen LogP contribution in [0.15, 0.2) is 71.9 Å². The number of thioether (sulfide) groups is 1. The molecule has 0 spiro atoms. The molecule has 1 atom stereocenters. The summed E-state index contributed by atoms with van der Waals surface area (Å²) in [5.41, 5.74) is 3.22. The number of nitriles is 1. The predicted octanol–water partition coefficient (Wildman–Crippen LogP) is 4.53. The van der Waals surface area contributed by atoms with E-state index in [0.29, 0.717) is 27.7 Å². The Kier molecular flexibility index (Phi) is 5.32. The van der Waals surface area contributed by atoms with Gasteiger partial charge in [0.2, 0.25) is 11.8 Å². The van der Waals surface area contributed by atoms with E-state index < -0.39 is 5.25 Å². The molecule has 2 aromatic heterocycles. The highest BCUT2D eigenvalue weighted by Crippen LogP contribution is 2.36. The van der Waals surface area contributed by atoms with Crippen LogP contribution in [0.4, 0.5) is 5.69 Å². The molecule has 1 aliphatic rings. The van der Waals surface area contributed by atoms with E-state index in [1.165, 1.54) is 4.90 Å². The van der Waals surface area contributed by atoms with Gasteiger partial charge in [0.1, 0.15) is 16.8 Å². The van der Waals surface area contributed by atoms with Crippen LogP contribution in [0.1, 0.15) is 12.0 Å². The highest BCUT2D eigenvalue weighted by atomic mass is 32.2. The van der Waals surface area contributed by atoms with Crippen LogP contribution in [0.3, 0.4) is 0 Å². The van der Waals surface area contributed by atoms with Crippen LogP contribution in [0.2, 0.25) is 0 Å². The molecule has 1 aliphatic heterocycles. The fraction of sp³-hybridized carbons (Fsp3) is 0.120. The van der Waals surface area contributed by atoms with Crippen LogP contribution in [-0.2, 0) is 9.59 Å². The molecule has 0 radical (unpaired) electrons. The van der Waals surface area contributed by atoms with Crippen LogP contribution >= 0.6 is 11.8 Å². The molecular weight excluding hydrogens is 436 g/mol. The van der Waals surface area contributed by atoms with Gasteiger partial charge in [0.15, 0.2) is 0 Å². The number of H-pyrrole nitrogens is 1. The Hall–Kier alpha value is -4.09. The molecule has 1 unspecified atom stereocenters. The number of aromatic nitrogens is 2. The minimum Gasteiger partial charge on any atom is -0.497 e. The molecule has 1 saturated heterocycles. The number of aromatic amines is 1. The normalized spacial score (nSPS) is 15.8. The van der Waals surface area contributed by atoms with Crippen molar-refractivity contribution in [1.82, 2.24) is 9.97 Å². The first-order valence-electron chi connectivity index (χ1n) is 10.2. The van der Waals surface area contributed by atoms with Gasteiger partial charge < -0.3 is 9.72 Å².